The predicted octanol–water partition coefficient (Wildman–Crippen LogP) is 3.69. The first-order valence-electron chi connectivity index (χ1n) is 8.78. The molecule has 0 heterocycles. The van der Waals surface area contributed by atoms with Crippen LogP contribution in [0, 0.1) is 5.92 Å². The maximum absolute atomic E-state index is 12.3. The van der Waals surface area contributed by atoms with Gasteiger partial charge in [0.25, 0.3) is 5.91 Å². The van der Waals surface area contributed by atoms with Crippen LogP contribution in [-0.2, 0) is 4.79 Å². The Morgan fingerprint density at radius 2 is 1.80 bits per heavy atom. The minimum atomic E-state index is -0.0403. The van der Waals surface area contributed by atoms with Crippen LogP contribution in [0.5, 0.6) is 0 Å². The van der Waals surface area contributed by atoms with Crippen molar-refractivity contribution in [2.24, 2.45) is 5.92 Å². The molecule has 1 fully saturated rings. The average Bonchev–Trinajstić information content (AvgIpc) is 3.44. The number of hydrogen-bond acceptors (Lipinski definition) is 2. The van der Waals surface area contributed by atoms with E-state index in [1.807, 2.05) is 55.5 Å². The first-order chi connectivity index (χ1) is 12.0. The molecule has 4 nitrogen and oxygen atoms in total. The van der Waals surface area contributed by atoms with Crippen LogP contribution in [0.3, 0.4) is 0 Å². The van der Waals surface area contributed by atoms with E-state index < -0.39 is 0 Å². The number of amides is 2. The van der Waals surface area contributed by atoms with Crippen molar-refractivity contribution < 1.29 is 9.59 Å². The molecule has 130 valence electrons. The van der Waals surface area contributed by atoms with Crippen LogP contribution in [0.2, 0.25) is 0 Å². The molecule has 0 bridgehead atoms. The Kier molecular flexibility index (Phi) is 5.17. The van der Waals surface area contributed by atoms with Gasteiger partial charge in [-0.2, -0.15) is 0 Å². The van der Waals surface area contributed by atoms with E-state index in [2.05, 4.69) is 10.6 Å². The van der Waals surface area contributed by atoms with Crippen LogP contribution in [0.25, 0.3) is 11.1 Å². The lowest BCUT2D eigenvalue weighted by molar-refractivity contribution is -0.119. The topological polar surface area (TPSA) is 58.2 Å². The molecule has 0 unspecified atom stereocenters. The predicted molar refractivity (Wildman–Crippen MR) is 99.2 cm³/mol. The summed E-state index contributed by atoms with van der Waals surface area (Å²) in [6, 6.07) is 15.7. The lowest BCUT2D eigenvalue weighted by atomic mass is 9.99. The van der Waals surface area contributed by atoms with Crippen molar-refractivity contribution in [3.05, 3.63) is 59.7 Å². The second-order valence-corrected chi connectivity index (χ2v) is 6.78. The zero-order chi connectivity index (χ0) is 17.8. The maximum atomic E-state index is 12.3. The highest BCUT2D eigenvalue weighted by atomic mass is 16.2. The molecular formula is C21H24N2O2. The highest BCUT2D eigenvalue weighted by Gasteiger charge is 2.21. The Bertz CT molecular complexity index is 764. The molecule has 0 saturated heterocycles. The average molecular weight is 336 g/mol. The summed E-state index contributed by atoms with van der Waals surface area (Å²) in [6.45, 7) is 4.25. The monoisotopic (exact) mass is 336 g/mol. The van der Waals surface area contributed by atoms with Crippen molar-refractivity contribution in [2.45, 2.75) is 32.7 Å². The molecule has 4 heteroatoms. The van der Waals surface area contributed by atoms with Crippen molar-refractivity contribution in [3.8, 4) is 11.1 Å². The summed E-state index contributed by atoms with van der Waals surface area (Å²) in [4.78, 5) is 23.4. The van der Waals surface area contributed by atoms with E-state index in [0.717, 1.165) is 23.2 Å². The fraction of sp³-hybridized carbons (Fsp3) is 0.333. The Hall–Kier alpha value is -2.62. The summed E-state index contributed by atoms with van der Waals surface area (Å²) in [5.74, 6) is 0.622. The smallest absolute Gasteiger partial charge is 0.251 e. The Morgan fingerprint density at radius 3 is 2.44 bits per heavy atom. The van der Waals surface area contributed by atoms with Crippen molar-refractivity contribution in [2.75, 3.05) is 6.54 Å². The van der Waals surface area contributed by atoms with Gasteiger partial charge in [-0.05, 0) is 54.5 Å². The third kappa shape index (κ3) is 4.69. The van der Waals surface area contributed by atoms with Crippen LogP contribution >= 0.6 is 0 Å². The summed E-state index contributed by atoms with van der Waals surface area (Å²) in [5, 5.41) is 5.88. The van der Waals surface area contributed by atoms with Crippen molar-refractivity contribution in [1.29, 1.82) is 0 Å². The normalized spacial score (nSPS) is 14.6. The fourth-order valence-electron chi connectivity index (χ4n) is 2.85. The second kappa shape index (κ2) is 7.51. The van der Waals surface area contributed by atoms with E-state index in [4.69, 9.17) is 0 Å². The molecule has 0 radical (unpaired) electrons. The van der Waals surface area contributed by atoms with Crippen molar-refractivity contribution in [3.63, 3.8) is 0 Å². The van der Waals surface area contributed by atoms with Gasteiger partial charge < -0.3 is 10.6 Å². The fourth-order valence-corrected chi connectivity index (χ4v) is 2.85. The van der Waals surface area contributed by atoms with Crippen molar-refractivity contribution in [1.82, 2.24) is 10.6 Å². The van der Waals surface area contributed by atoms with Gasteiger partial charge in [-0.15, -0.1) is 0 Å². The molecule has 2 N–H and O–H groups in total. The molecule has 2 aromatic carbocycles. The highest BCUT2D eigenvalue weighted by molar-refractivity contribution is 5.95. The van der Waals surface area contributed by atoms with Crippen LogP contribution in [-0.4, -0.2) is 18.4 Å². The molecule has 1 aliphatic carbocycles. The number of hydrogen-bond donors (Lipinski definition) is 2. The summed E-state index contributed by atoms with van der Waals surface area (Å²) in [7, 11) is 0. The number of carbonyl (C=O) groups is 2. The van der Waals surface area contributed by atoms with Crippen LogP contribution in [0.1, 0.15) is 48.7 Å². The van der Waals surface area contributed by atoms with E-state index >= 15 is 0 Å². The lowest BCUT2D eigenvalue weighted by Gasteiger charge is -2.13. The Labute approximate surface area is 148 Å². The minimum Gasteiger partial charge on any atom is -0.352 e. The van der Waals surface area contributed by atoms with Crippen LogP contribution < -0.4 is 10.6 Å². The van der Waals surface area contributed by atoms with Gasteiger partial charge in [0.15, 0.2) is 0 Å². The van der Waals surface area contributed by atoms with Gasteiger partial charge in [-0.25, -0.2) is 0 Å². The van der Waals surface area contributed by atoms with E-state index in [1.165, 1.54) is 19.8 Å². The summed E-state index contributed by atoms with van der Waals surface area (Å²) in [5.41, 5.74) is 3.81. The molecule has 2 aromatic rings. The number of nitrogens with one attached hydrogen (secondary N) is 2. The van der Waals surface area contributed by atoms with E-state index in [-0.39, 0.29) is 17.9 Å². The van der Waals surface area contributed by atoms with Gasteiger partial charge >= 0.3 is 0 Å². The molecule has 1 saturated carbocycles. The van der Waals surface area contributed by atoms with E-state index in [0.29, 0.717) is 11.5 Å². The molecule has 3 rings (SSSR count). The molecular weight excluding hydrogens is 312 g/mol. The van der Waals surface area contributed by atoms with Gasteiger partial charge in [0.2, 0.25) is 5.91 Å². The minimum absolute atomic E-state index is 0.00958. The first-order valence-corrected chi connectivity index (χ1v) is 8.78. The van der Waals surface area contributed by atoms with E-state index in [9.17, 15) is 9.59 Å². The Balaban J connectivity index is 1.71. The highest BCUT2D eigenvalue weighted by Crippen LogP contribution is 2.28. The second-order valence-electron chi connectivity index (χ2n) is 6.78. The number of rotatable bonds is 6. The largest absolute Gasteiger partial charge is 0.352 e. The molecule has 0 aliphatic heterocycles. The number of benzene rings is 2. The van der Waals surface area contributed by atoms with Crippen LogP contribution in [0.15, 0.2) is 48.5 Å². The number of carbonyl (C=O) groups excluding carboxylic acids is 2. The summed E-state index contributed by atoms with van der Waals surface area (Å²) < 4.78 is 0. The summed E-state index contributed by atoms with van der Waals surface area (Å²) in [6.07, 6.45) is 2.45. The maximum Gasteiger partial charge on any atom is 0.251 e. The SMILES string of the molecule is CC(=O)N[C@@H](C)c1ccc(-c2cccc(C(=O)NCC3CC3)c2)cc1. The lowest BCUT2D eigenvalue weighted by Crippen LogP contribution is -2.25. The van der Waals surface area contributed by atoms with Gasteiger partial charge in [-0.1, -0.05) is 36.4 Å². The third-order valence-electron chi connectivity index (χ3n) is 4.54. The van der Waals surface area contributed by atoms with Gasteiger partial charge in [-0.3, -0.25) is 9.59 Å². The first kappa shape index (κ1) is 17.2. The molecule has 0 aromatic heterocycles. The standard InChI is InChI=1S/C21H24N2O2/c1-14(23-15(2)24)17-8-10-18(11-9-17)19-4-3-5-20(12-19)21(25)22-13-16-6-7-16/h3-5,8-12,14,16H,6-7,13H2,1-2H3,(H,22,25)(H,23,24)/t14-/m0/s1. The molecule has 2 amide bonds. The quantitative estimate of drug-likeness (QED) is 0.845. The zero-order valence-corrected chi connectivity index (χ0v) is 14.7. The van der Waals surface area contributed by atoms with Gasteiger partial charge in [0, 0.05) is 19.0 Å². The van der Waals surface area contributed by atoms with Crippen molar-refractivity contribution >= 4 is 11.8 Å². The van der Waals surface area contributed by atoms with Gasteiger partial charge in [0.05, 0.1) is 6.04 Å². The van der Waals surface area contributed by atoms with Gasteiger partial charge in [0.1, 0.15) is 0 Å². The zero-order valence-electron chi connectivity index (χ0n) is 14.7. The summed E-state index contributed by atoms with van der Waals surface area (Å²) >= 11 is 0. The van der Waals surface area contributed by atoms with Crippen LogP contribution in [0.4, 0.5) is 0 Å². The molecule has 1 atom stereocenters. The van der Waals surface area contributed by atoms with E-state index in [1.54, 1.807) is 0 Å². The molecule has 0 spiro atoms. The Morgan fingerprint density at radius 1 is 1.08 bits per heavy atom. The molecule has 25 heavy (non-hydrogen) atoms. The molecule has 1 aliphatic rings. The third-order valence-corrected chi connectivity index (χ3v) is 4.54.